The summed E-state index contributed by atoms with van der Waals surface area (Å²) in [5.74, 6) is 0.672. The van der Waals surface area contributed by atoms with Crippen molar-refractivity contribution in [2.45, 2.75) is 18.9 Å². The summed E-state index contributed by atoms with van der Waals surface area (Å²) < 4.78 is 13.3. The number of H-pyrrole nitrogens is 1. The topological polar surface area (TPSA) is 85.3 Å². The van der Waals surface area contributed by atoms with Crippen molar-refractivity contribution in [1.82, 2.24) is 9.55 Å². The molecule has 1 aromatic carbocycles. The molecule has 1 saturated heterocycles. The third-order valence-corrected chi connectivity index (χ3v) is 5.65. The minimum atomic E-state index is -0.535. The molecule has 2 N–H and O–H groups in total. The Morgan fingerprint density at radius 1 is 1.11 bits per heavy atom. The Labute approximate surface area is 161 Å². The number of aromatic nitrogens is 2. The van der Waals surface area contributed by atoms with Crippen LogP contribution in [0.3, 0.4) is 0 Å². The van der Waals surface area contributed by atoms with Crippen LogP contribution in [-0.4, -0.2) is 34.8 Å². The Morgan fingerprint density at radius 2 is 1.93 bits per heavy atom. The monoisotopic (exact) mass is 379 g/mol. The van der Waals surface area contributed by atoms with Crippen molar-refractivity contribution in [3.8, 4) is 16.9 Å². The summed E-state index contributed by atoms with van der Waals surface area (Å²) in [5.41, 5.74) is 2.87. The molecule has 28 heavy (non-hydrogen) atoms. The molecule has 0 bridgehead atoms. The lowest BCUT2D eigenvalue weighted by molar-refractivity contribution is -0.127. The number of nitrogens with one attached hydrogen (secondary N) is 2. The van der Waals surface area contributed by atoms with Crippen molar-refractivity contribution in [1.29, 1.82) is 0 Å². The molecule has 5 rings (SSSR count). The first-order chi connectivity index (χ1) is 13.6. The normalized spacial score (nSPS) is 19.9. The molecule has 1 unspecified atom stereocenters. The first-order valence-electron chi connectivity index (χ1n) is 9.49. The molecular weight excluding hydrogens is 358 g/mol. The Hall–Kier alpha value is -3.06. The van der Waals surface area contributed by atoms with Gasteiger partial charge in [0.15, 0.2) is 11.9 Å². The minimum absolute atomic E-state index is 0.0807. The zero-order valence-corrected chi connectivity index (χ0v) is 15.5. The summed E-state index contributed by atoms with van der Waals surface area (Å²) in [6, 6.07) is 7.58. The van der Waals surface area contributed by atoms with Crippen LogP contribution in [0.1, 0.15) is 12.8 Å². The molecular formula is C21H21N3O4. The van der Waals surface area contributed by atoms with Gasteiger partial charge in [-0.3, -0.25) is 9.59 Å². The van der Waals surface area contributed by atoms with Crippen LogP contribution in [0.2, 0.25) is 0 Å². The van der Waals surface area contributed by atoms with Gasteiger partial charge in [0.25, 0.3) is 11.5 Å². The summed E-state index contributed by atoms with van der Waals surface area (Å²) >= 11 is 0. The summed E-state index contributed by atoms with van der Waals surface area (Å²) in [6.07, 6.45) is 4.65. The fourth-order valence-electron chi connectivity index (χ4n) is 4.17. The number of aryl methyl sites for hydroxylation is 1. The van der Waals surface area contributed by atoms with Crippen LogP contribution in [0, 0.1) is 5.92 Å². The van der Waals surface area contributed by atoms with Gasteiger partial charge in [0.1, 0.15) is 5.52 Å². The van der Waals surface area contributed by atoms with Gasteiger partial charge < -0.3 is 24.3 Å². The molecule has 1 atom stereocenters. The molecule has 4 heterocycles. The fraction of sp³-hybridized carbons (Fsp3) is 0.333. The van der Waals surface area contributed by atoms with Gasteiger partial charge in [-0.25, -0.2) is 0 Å². The van der Waals surface area contributed by atoms with E-state index >= 15 is 0 Å². The number of benzene rings is 1. The van der Waals surface area contributed by atoms with Crippen molar-refractivity contribution in [2.24, 2.45) is 13.0 Å². The molecule has 1 amide bonds. The van der Waals surface area contributed by atoms with Crippen molar-refractivity contribution < 1.29 is 14.3 Å². The van der Waals surface area contributed by atoms with E-state index in [1.54, 1.807) is 17.8 Å². The molecule has 7 heteroatoms. The van der Waals surface area contributed by atoms with E-state index in [0.717, 1.165) is 29.4 Å². The minimum Gasteiger partial charge on any atom is -0.477 e. The quantitative estimate of drug-likeness (QED) is 0.717. The van der Waals surface area contributed by atoms with E-state index in [1.165, 1.54) is 0 Å². The van der Waals surface area contributed by atoms with Gasteiger partial charge in [0, 0.05) is 55.1 Å². The first-order valence-corrected chi connectivity index (χ1v) is 9.49. The third kappa shape index (κ3) is 2.62. The predicted molar refractivity (Wildman–Crippen MR) is 106 cm³/mol. The number of rotatable bonds is 2. The Bertz CT molecular complexity index is 1120. The second-order valence-electron chi connectivity index (χ2n) is 7.38. The van der Waals surface area contributed by atoms with Gasteiger partial charge in [0.05, 0.1) is 5.69 Å². The number of ether oxygens (including phenoxy) is 2. The smallest absolute Gasteiger partial charge is 0.274 e. The highest BCUT2D eigenvalue weighted by molar-refractivity contribution is 6.02. The van der Waals surface area contributed by atoms with Gasteiger partial charge in [-0.15, -0.1) is 0 Å². The number of nitrogens with zero attached hydrogens (tertiary/aromatic N) is 1. The molecule has 0 aliphatic carbocycles. The van der Waals surface area contributed by atoms with E-state index in [0.29, 0.717) is 30.2 Å². The summed E-state index contributed by atoms with van der Waals surface area (Å²) in [6.45, 7) is 1.30. The Balaban J connectivity index is 1.64. The lowest BCUT2D eigenvalue weighted by Gasteiger charge is -2.34. The molecule has 0 saturated carbocycles. The van der Waals surface area contributed by atoms with Crippen LogP contribution in [0.25, 0.3) is 22.0 Å². The van der Waals surface area contributed by atoms with Gasteiger partial charge in [0.2, 0.25) is 0 Å². The molecule has 1 fully saturated rings. The van der Waals surface area contributed by atoms with Crippen molar-refractivity contribution in [3.63, 3.8) is 0 Å². The number of anilines is 1. The standard InChI is InChI=1S/C21H21N3O4/c1-24-11-15(13-5-8-22-17(13)21(24)26)14-3-2-4-16-19(14)28-18(20(25)23-16)12-6-9-27-10-7-12/h2-5,8,11-12,18,22H,6-7,9-10H2,1H3,(H,23,25). The number of para-hydroxylation sites is 1. The van der Waals surface area contributed by atoms with Gasteiger partial charge in [-0.05, 0) is 25.0 Å². The van der Waals surface area contributed by atoms with Crippen LogP contribution >= 0.6 is 0 Å². The molecule has 2 aliphatic rings. The SMILES string of the molecule is Cn1cc(-c2cccc3c2OC(C2CCOCC2)C(=O)N3)c2cc[nH]c2c1=O. The number of pyridine rings is 1. The van der Waals surface area contributed by atoms with Crippen LogP contribution < -0.4 is 15.6 Å². The van der Waals surface area contributed by atoms with E-state index < -0.39 is 6.10 Å². The highest BCUT2D eigenvalue weighted by Gasteiger charge is 2.36. The number of fused-ring (bicyclic) bond motifs is 2. The number of carbonyl (C=O) groups excluding carboxylic acids is 1. The number of hydrogen-bond acceptors (Lipinski definition) is 4. The third-order valence-electron chi connectivity index (χ3n) is 5.65. The molecule has 144 valence electrons. The predicted octanol–water partition coefficient (Wildman–Crippen LogP) is 2.66. The van der Waals surface area contributed by atoms with E-state index in [-0.39, 0.29) is 17.4 Å². The Morgan fingerprint density at radius 3 is 2.75 bits per heavy atom. The fourth-order valence-corrected chi connectivity index (χ4v) is 4.17. The van der Waals surface area contributed by atoms with Gasteiger partial charge in [-0.2, -0.15) is 0 Å². The first kappa shape index (κ1) is 17.1. The maximum atomic E-state index is 12.6. The molecule has 0 spiro atoms. The van der Waals surface area contributed by atoms with Crippen molar-refractivity contribution in [2.75, 3.05) is 18.5 Å². The molecule has 2 aromatic heterocycles. The molecule has 3 aromatic rings. The number of hydrogen-bond donors (Lipinski definition) is 2. The zero-order valence-electron chi connectivity index (χ0n) is 15.5. The summed E-state index contributed by atoms with van der Waals surface area (Å²) in [4.78, 5) is 28.1. The number of aromatic amines is 1. The van der Waals surface area contributed by atoms with Crippen LogP contribution in [-0.2, 0) is 16.6 Å². The van der Waals surface area contributed by atoms with Gasteiger partial charge in [-0.1, -0.05) is 12.1 Å². The van der Waals surface area contributed by atoms with E-state index in [2.05, 4.69) is 10.3 Å². The largest absolute Gasteiger partial charge is 0.477 e. The average molecular weight is 379 g/mol. The second kappa shape index (κ2) is 6.53. The molecule has 2 aliphatic heterocycles. The average Bonchev–Trinajstić information content (AvgIpc) is 3.21. The maximum absolute atomic E-state index is 12.6. The van der Waals surface area contributed by atoms with Crippen LogP contribution in [0.15, 0.2) is 41.5 Å². The van der Waals surface area contributed by atoms with Crippen molar-refractivity contribution >= 4 is 22.5 Å². The van der Waals surface area contributed by atoms with Crippen LogP contribution in [0.4, 0.5) is 5.69 Å². The van der Waals surface area contributed by atoms with E-state index in [4.69, 9.17) is 9.47 Å². The zero-order chi connectivity index (χ0) is 19.3. The van der Waals surface area contributed by atoms with Gasteiger partial charge >= 0.3 is 0 Å². The number of amides is 1. The summed E-state index contributed by atoms with van der Waals surface area (Å²) in [5, 5.41) is 3.84. The maximum Gasteiger partial charge on any atom is 0.274 e. The lowest BCUT2D eigenvalue weighted by Crippen LogP contribution is -2.44. The van der Waals surface area contributed by atoms with Crippen molar-refractivity contribution in [3.05, 3.63) is 47.0 Å². The lowest BCUT2D eigenvalue weighted by atomic mass is 9.91. The molecule has 7 nitrogen and oxygen atoms in total. The second-order valence-corrected chi connectivity index (χ2v) is 7.38. The summed E-state index contributed by atoms with van der Waals surface area (Å²) in [7, 11) is 1.73. The van der Waals surface area contributed by atoms with Crippen LogP contribution in [0.5, 0.6) is 5.75 Å². The number of carbonyl (C=O) groups is 1. The Kier molecular flexibility index (Phi) is 3.98. The highest BCUT2D eigenvalue weighted by atomic mass is 16.5. The highest BCUT2D eigenvalue weighted by Crippen LogP contribution is 2.42. The van der Waals surface area contributed by atoms with E-state index in [1.807, 2.05) is 30.5 Å². The van der Waals surface area contributed by atoms with E-state index in [9.17, 15) is 9.59 Å². The molecule has 0 radical (unpaired) electrons.